The number of amides is 1. The number of benzene rings is 2. The maximum atomic E-state index is 12.7. The molecule has 1 fully saturated rings. The average molecular weight is 419 g/mol. The zero-order valence-corrected chi connectivity index (χ0v) is 16.7. The monoisotopic (exact) mass is 419 g/mol. The molecule has 4 rings (SSSR count). The summed E-state index contributed by atoms with van der Waals surface area (Å²) in [5.41, 5.74) is 1.45. The van der Waals surface area contributed by atoms with Gasteiger partial charge in [-0.25, -0.2) is 0 Å². The number of azo groups is 1. The van der Waals surface area contributed by atoms with E-state index in [2.05, 4.69) is 15.5 Å². The van der Waals surface area contributed by atoms with Gasteiger partial charge in [-0.1, -0.05) is 19.3 Å². The van der Waals surface area contributed by atoms with Gasteiger partial charge >= 0.3 is 0 Å². The van der Waals surface area contributed by atoms with Gasteiger partial charge in [-0.15, -0.1) is 0 Å². The Kier molecular flexibility index (Phi) is 5.83. The van der Waals surface area contributed by atoms with Gasteiger partial charge in [0.1, 0.15) is 11.1 Å². The number of hydrogen-bond acceptors (Lipinski definition) is 7. The fourth-order valence-electron chi connectivity index (χ4n) is 3.63. The minimum absolute atomic E-state index is 0.0171. The lowest BCUT2D eigenvalue weighted by molar-refractivity contribution is -0.384. The van der Waals surface area contributed by atoms with Crippen LogP contribution in [0.25, 0.3) is 11.0 Å². The van der Waals surface area contributed by atoms with Crippen LogP contribution in [0.1, 0.15) is 42.5 Å². The fourth-order valence-corrected chi connectivity index (χ4v) is 3.63. The highest BCUT2D eigenvalue weighted by Crippen LogP contribution is 2.25. The molecule has 9 nitrogen and oxygen atoms in total. The maximum absolute atomic E-state index is 12.7. The zero-order chi connectivity index (χ0) is 21.8. The van der Waals surface area contributed by atoms with Crippen LogP contribution in [0.15, 0.2) is 63.2 Å². The lowest BCUT2D eigenvalue weighted by Crippen LogP contribution is -2.38. The number of carbonyl (C=O) groups excluding carboxylic acids is 1. The Hall–Kier alpha value is -3.88. The Labute approximate surface area is 177 Å². The van der Waals surface area contributed by atoms with Crippen LogP contribution in [-0.2, 0) is 0 Å². The van der Waals surface area contributed by atoms with E-state index in [1.54, 1.807) is 24.3 Å². The predicted molar refractivity (Wildman–Crippen MR) is 114 cm³/mol. The highest BCUT2D eigenvalue weighted by Gasteiger charge is 2.18. The molecule has 9 heteroatoms. The van der Waals surface area contributed by atoms with Crippen LogP contribution >= 0.6 is 0 Å². The molecule has 2 aromatic carbocycles. The molecular weight excluding hydrogens is 398 g/mol. The SMILES string of the molecule is N=c1oc2ccc(N=Nc3ccc([N+](=O)[O-])cc3)cc2cc1C(=O)NC1CCCCC1. The lowest BCUT2D eigenvalue weighted by Gasteiger charge is -2.22. The molecule has 3 aromatic rings. The highest BCUT2D eigenvalue weighted by molar-refractivity contribution is 5.97. The quantitative estimate of drug-likeness (QED) is 0.330. The molecule has 1 saturated carbocycles. The average Bonchev–Trinajstić information content (AvgIpc) is 2.78. The standard InChI is InChI=1S/C22H21N5O4/c23-21-19(22(28)24-15-4-2-1-3-5-15)13-14-12-17(8-11-20(14)31-21)26-25-16-6-9-18(10-7-16)27(29)30/h6-13,15,23H,1-5H2,(H,24,28). The summed E-state index contributed by atoms with van der Waals surface area (Å²) in [5, 5.41) is 30.7. The second kappa shape index (κ2) is 8.86. The van der Waals surface area contributed by atoms with Crippen LogP contribution in [0, 0.1) is 15.5 Å². The van der Waals surface area contributed by atoms with Gasteiger partial charge in [-0.2, -0.15) is 10.2 Å². The van der Waals surface area contributed by atoms with Gasteiger partial charge in [-0.3, -0.25) is 20.3 Å². The number of nitro benzene ring substituents is 1. The Bertz CT molecular complexity index is 1210. The van der Waals surface area contributed by atoms with Gasteiger partial charge in [0.05, 0.1) is 16.3 Å². The first-order chi connectivity index (χ1) is 15.0. The number of non-ortho nitro benzene ring substituents is 1. The number of nitro groups is 1. The third kappa shape index (κ3) is 4.82. The predicted octanol–water partition coefficient (Wildman–Crippen LogP) is 5.30. The van der Waals surface area contributed by atoms with Gasteiger partial charge in [0, 0.05) is 23.6 Å². The number of nitrogens with one attached hydrogen (secondary N) is 2. The molecule has 2 N–H and O–H groups in total. The summed E-state index contributed by atoms with van der Waals surface area (Å²) in [7, 11) is 0. The van der Waals surface area contributed by atoms with Gasteiger partial charge in [0.15, 0.2) is 0 Å². The molecule has 0 saturated heterocycles. The second-order valence-corrected chi connectivity index (χ2v) is 7.49. The lowest BCUT2D eigenvalue weighted by atomic mass is 9.95. The minimum Gasteiger partial charge on any atom is -0.438 e. The second-order valence-electron chi connectivity index (χ2n) is 7.49. The van der Waals surface area contributed by atoms with E-state index in [1.165, 1.54) is 30.7 Å². The van der Waals surface area contributed by atoms with Crippen molar-refractivity contribution in [1.29, 1.82) is 5.41 Å². The van der Waals surface area contributed by atoms with E-state index in [0.717, 1.165) is 25.7 Å². The molecule has 0 spiro atoms. The molecule has 1 aliphatic carbocycles. The van der Waals surface area contributed by atoms with Gasteiger partial charge < -0.3 is 9.73 Å². The summed E-state index contributed by atoms with van der Waals surface area (Å²) < 4.78 is 5.53. The topological polar surface area (TPSA) is 134 Å². The molecule has 0 radical (unpaired) electrons. The third-order valence-electron chi connectivity index (χ3n) is 5.28. The van der Waals surface area contributed by atoms with E-state index in [1.807, 2.05) is 0 Å². The smallest absolute Gasteiger partial charge is 0.269 e. The van der Waals surface area contributed by atoms with E-state index >= 15 is 0 Å². The fraction of sp³-hybridized carbons (Fsp3) is 0.273. The Morgan fingerprint density at radius 2 is 1.71 bits per heavy atom. The molecule has 1 aliphatic rings. The van der Waals surface area contributed by atoms with Crippen LogP contribution in [0.2, 0.25) is 0 Å². The maximum Gasteiger partial charge on any atom is 0.269 e. The van der Waals surface area contributed by atoms with Crippen molar-refractivity contribution in [2.45, 2.75) is 38.1 Å². The van der Waals surface area contributed by atoms with Gasteiger partial charge in [0.25, 0.3) is 11.6 Å². The van der Waals surface area contributed by atoms with Crippen LogP contribution in [0.3, 0.4) is 0 Å². The summed E-state index contributed by atoms with van der Waals surface area (Å²) in [6, 6.07) is 12.6. The number of carbonyl (C=O) groups is 1. The van der Waals surface area contributed by atoms with Crippen LogP contribution in [0.5, 0.6) is 0 Å². The number of nitrogens with zero attached hydrogens (tertiary/aromatic N) is 3. The molecule has 158 valence electrons. The molecule has 1 heterocycles. The molecule has 0 aliphatic heterocycles. The van der Waals surface area contributed by atoms with Crippen molar-refractivity contribution >= 4 is 33.9 Å². The van der Waals surface area contributed by atoms with E-state index in [0.29, 0.717) is 22.3 Å². The largest absolute Gasteiger partial charge is 0.438 e. The Morgan fingerprint density at radius 1 is 1.03 bits per heavy atom. The normalized spacial score (nSPS) is 14.7. The van der Waals surface area contributed by atoms with E-state index in [9.17, 15) is 14.9 Å². The van der Waals surface area contributed by atoms with Crippen molar-refractivity contribution in [3.8, 4) is 0 Å². The zero-order valence-electron chi connectivity index (χ0n) is 16.7. The van der Waals surface area contributed by atoms with Crippen molar-refractivity contribution in [3.05, 3.63) is 69.8 Å². The van der Waals surface area contributed by atoms with Crippen molar-refractivity contribution < 1.29 is 14.1 Å². The van der Waals surface area contributed by atoms with Crippen LogP contribution in [0.4, 0.5) is 17.1 Å². The highest BCUT2D eigenvalue weighted by atomic mass is 16.6. The molecule has 0 atom stereocenters. The molecule has 31 heavy (non-hydrogen) atoms. The van der Waals surface area contributed by atoms with Crippen molar-refractivity contribution in [2.75, 3.05) is 0 Å². The molecular formula is C22H21N5O4. The summed E-state index contributed by atoms with van der Waals surface area (Å²) in [5.74, 6) is -0.305. The number of fused-ring (bicyclic) bond motifs is 1. The summed E-state index contributed by atoms with van der Waals surface area (Å²) >= 11 is 0. The summed E-state index contributed by atoms with van der Waals surface area (Å²) in [6.45, 7) is 0. The van der Waals surface area contributed by atoms with Crippen molar-refractivity contribution in [1.82, 2.24) is 5.32 Å². The minimum atomic E-state index is -0.476. The van der Waals surface area contributed by atoms with Gasteiger partial charge in [-0.05, 0) is 49.2 Å². The first-order valence-electron chi connectivity index (χ1n) is 10.1. The first kappa shape index (κ1) is 20.4. The van der Waals surface area contributed by atoms with E-state index < -0.39 is 4.92 Å². The Morgan fingerprint density at radius 3 is 2.42 bits per heavy atom. The van der Waals surface area contributed by atoms with Crippen LogP contribution in [-0.4, -0.2) is 16.9 Å². The number of rotatable bonds is 5. The molecule has 0 unspecified atom stereocenters. The van der Waals surface area contributed by atoms with Crippen molar-refractivity contribution in [3.63, 3.8) is 0 Å². The van der Waals surface area contributed by atoms with E-state index in [4.69, 9.17) is 9.83 Å². The molecule has 1 aromatic heterocycles. The van der Waals surface area contributed by atoms with E-state index in [-0.39, 0.29) is 28.8 Å². The molecule has 1 amide bonds. The summed E-state index contributed by atoms with van der Waals surface area (Å²) in [6.07, 6.45) is 5.31. The third-order valence-corrected chi connectivity index (χ3v) is 5.28. The molecule has 0 bridgehead atoms. The van der Waals surface area contributed by atoms with Crippen LogP contribution < -0.4 is 10.9 Å². The first-order valence-corrected chi connectivity index (χ1v) is 10.1. The van der Waals surface area contributed by atoms with Crippen molar-refractivity contribution in [2.24, 2.45) is 10.2 Å². The number of hydrogen-bond donors (Lipinski definition) is 2. The Balaban J connectivity index is 1.56. The van der Waals surface area contributed by atoms with Gasteiger partial charge in [0.2, 0.25) is 5.55 Å². The summed E-state index contributed by atoms with van der Waals surface area (Å²) in [4.78, 5) is 22.9.